The number of carbonyl (C=O) groups is 1. The predicted molar refractivity (Wildman–Crippen MR) is 165 cm³/mol. The second-order valence-corrected chi connectivity index (χ2v) is 12.6. The van der Waals surface area contributed by atoms with Crippen LogP contribution in [0.15, 0.2) is 47.8 Å². The van der Waals surface area contributed by atoms with Crippen LogP contribution in [0.5, 0.6) is 5.75 Å². The third-order valence-electron chi connectivity index (χ3n) is 7.79. The molecule has 2 aliphatic heterocycles. The molecule has 0 saturated heterocycles. The van der Waals surface area contributed by atoms with E-state index in [-0.39, 0.29) is 11.7 Å². The maximum atomic E-state index is 14.5. The SMILES string of the molecule is COCCOc1cc(F)ccc1-c1c(-c2nc3c(s2)CN(C)CC3)nc(-c2ccc3c(c2)CCNC3=O)c2ccsc12. The van der Waals surface area contributed by atoms with Crippen LogP contribution >= 0.6 is 22.7 Å². The number of aromatic nitrogens is 2. The molecule has 1 N–H and O–H groups in total. The van der Waals surface area contributed by atoms with Crippen LogP contribution in [0.25, 0.3) is 43.2 Å². The number of methoxy groups -OCH3 is 1. The van der Waals surface area contributed by atoms with Gasteiger partial charge in [0.2, 0.25) is 0 Å². The van der Waals surface area contributed by atoms with Gasteiger partial charge in [0.05, 0.1) is 18.0 Å². The molecule has 214 valence electrons. The monoisotopic (exact) mass is 600 g/mol. The molecule has 7 nitrogen and oxygen atoms in total. The second kappa shape index (κ2) is 11.2. The fraction of sp³-hybridized carbons (Fsp3) is 0.281. The van der Waals surface area contributed by atoms with Gasteiger partial charge in [-0.15, -0.1) is 22.7 Å². The Labute approximate surface area is 251 Å². The molecule has 5 heterocycles. The average molecular weight is 601 g/mol. The van der Waals surface area contributed by atoms with Crippen molar-refractivity contribution in [1.82, 2.24) is 20.2 Å². The van der Waals surface area contributed by atoms with Gasteiger partial charge in [-0.3, -0.25) is 4.79 Å². The van der Waals surface area contributed by atoms with Gasteiger partial charge in [0.1, 0.15) is 28.9 Å². The lowest BCUT2D eigenvalue weighted by atomic mass is 9.94. The van der Waals surface area contributed by atoms with Gasteiger partial charge in [-0.1, -0.05) is 6.07 Å². The van der Waals surface area contributed by atoms with E-state index in [1.807, 2.05) is 12.1 Å². The number of nitrogens with zero attached hydrogens (tertiary/aromatic N) is 3. The zero-order chi connectivity index (χ0) is 28.8. The summed E-state index contributed by atoms with van der Waals surface area (Å²) < 4.78 is 26.8. The summed E-state index contributed by atoms with van der Waals surface area (Å²) in [6, 6.07) is 12.7. The Balaban J connectivity index is 1.47. The molecular formula is C32H29FN4O3S2. The van der Waals surface area contributed by atoms with Gasteiger partial charge >= 0.3 is 0 Å². The van der Waals surface area contributed by atoms with Crippen molar-refractivity contribution in [2.45, 2.75) is 19.4 Å². The van der Waals surface area contributed by atoms with Crippen molar-refractivity contribution in [3.05, 3.63) is 75.4 Å². The largest absolute Gasteiger partial charge is 0.490 e. The third-order valence-corrected chi connectivity index (χ3v) is 9.81. The normalized spacial score (nSPS) is 15.0. The second-order valence-electron chi connectivity index (χ2n) is 10.6. The lowest BCUT2D eigenvalue weighted by molar-refractivity contribution is 0.0946. The third kappa shape index (κ3) is 4.88. The smallest absolute Gasteiger partial charge is 0.251 e. The van der Waals surface area contributed by atoms with Gasteiger partial charge in [-0.25, -0.2) is 14.4 Å². The number of thiazole rings is 1. The van der Waals surface area contributed by atoms with Crippen molar-refractivity contribution in [3.8, 4) is 38.8 Å². The molecule has 0 atom stereocenters. The minimum atomic E-state index is -0.370. The maximum Gasteiger partial charge on any atom is 0.251 e. The summed E-state index contributed by atoms with van der Waals surface area (Å²) in [7, 11) is 3.74. The molecule has 0 unspecified atom stereocenters. The molecule has 2 aromatic carbocycles. The van der Waals surface area contributed by atoms with Crippen LogP contribution in [-0.2, 0) is 24.1 Å². The molecule has 2 aliphatic rings. The first-order chi connectivity index (χ1) is 20.5. The first-order valence-electron chi connectivity index (χ1n) is 13.9. The van der Waals surface area contributed by atoms with Gasteiger partial charge in [0.15, 0.2) is 0 Å². The van der Waals surface area contributed by atoms with Crippen molar-refractivity contribution in [2.24, 2.45) is 0 Å². The zero-order valence-electron chi connectivity index (χ0n) is 23.3. The number of pyridine rings is 1. The van der Waals surface area contributed by atoms with Gasteiger partial charge in [0, 0.05) is 76.4 Å². The molecule has 0 bridgehead atoms. The van der Waals surface area contributed by atoms with Crippen LogP contribution in [0.1, 0.15) is 26.5 Å². The summed E-state index contributed by atoms with van der Waals surface area (Å²) in [5.41, 5.74) is 7.04. The number of carbonyl (C=O) groups excluding carboxylic acids is 1. The topological polar surface area (TPSA) is 76.6 Å². The fourth-order valence-corrected chi connectivity index (χ4v) is 7.85. The summed E-state index contributed by atoms with van der Waals surface area (Å²) in [5, 5.41) is 6.82. The Kier molecular flexibility index (Phi) is 7.23. The van der Waals surface area contributed by atoms with Gasteiger partial charge in [-0.05, 0) is 54.7 Å². The van der Waals surface area contributed by atoms with E-state index in [9.17, 15) is 9.18 Å². The number of thiophene rings is 1. The average Bonchev–Trinajstić information content (AvgIpc) is 3.64. The van der Waals surface area contributed by atoms with Crippen LogP contribution in [0.3, 0.4) is 0 Å². The van der Waals surface area contributed by atoms with Gasteiger partial charge in [0.25, 0.3) is 5.91 Å². The minimum Gasteiger partial charge on any atom is -0.490 e. The molecule has 1 amide bonds. The van der Waals surface area contributed by atoms with Gasteiger partial charge in [-0.2, -0.15) is 0 Å². The van der Waals surface area contributed by atoms with Crippen molar-refractivity contribution in [2.75, 3.05) is 40.5 Å². The molecule has 0 aliphatic carbocycles. The summed E-state index contributed by atoms with van der Waals surface area (Å²) in [5.74, 6) is 0.0343. The highest BCUT2D eigenvalue weighted by Crippen LogP contribution is 2.47. The fourth-order valence-electron chi connectivity index (χ4n) is 5.71. The number of amides is 1. The Morgan fingerprint density at radius 2 is 1.93 bits per heavy atom. The minimum absolute atomic E-state index is 0.0388. The number of rotatable bonds is 7. The zero-order valence-corrected chi connectivity index (χ0v) is 25.0. The Morgan fingerprint density at radius 3 is 2.81 bits per heavy atom. The van der Waals surface area contributed by atoms with E-state index < -0.39 is 0 Å². The summed E-state index contributed by atoms with van der Waals surface area (Å²) in [6.45, 7) is 3.12. The predicted octanol–water partition coefficient (Wildman–Crippen LogP) is 6.19. The van der Waals surface area contributed by atoms with Crippen molar-refractivity contribution in [1.29, 1.82) is 0 Å². The summed E-state index contributed by atoms with van der Waals surface area (Å²) in [4.78, 5) is 26.4. The van der Waals surface area contributed by atoms with Crippen LogP contribution in [0.4, 0.5) is 4.39 Å². The van der Waals surface area contributed by atoms with E-state index in [0.29, 0.717) is 31.1 Å². The van der Waals surface area contributed by atoms with Crippen LogP contribution in [0, 0.1) is 5.82 Å². The standard InChI is InChI=1S/C32H29FN4O3S2/c1-37-11-8-24-26(17-37)42-32(35-24)29-27(22-6-4-20(33)16-25(22)40-13-12-39-2)30-23(9-14-41-30)28(36-29)19-3-5-21-18(15-19)7-10-34-31(21)38/h3-6,9,14-16H,7-8,10-13,17H2,1-2H3,(H,34,38). The maximum absolute atomic E-state index is 14.5. The number of fused-ring (bicyclic) bond motifs is 3. The lowest BCUT2D eigenvalue weighted by Crippen LogP contribution is -2.31. The van der Waals surface area contributed by atoms with E-state index in [0.717, 1.165) is 80.4 Å². The Hall–Kier alpha value is -3.70. The molecule has 0 fully saturated rings. The molecule has 0 spiro atoms. The lowest BCUT2D eigenvalue weighted by Gasteiger charge is -2.20. The molecule has 42 heavy (non-hydrogen) atoms. The number of hydrogen-bond donors (Lipinski definition) is 1. The first-order valence-corrected chi connectivity index (χ1v) is 15.6. The van der Waals surface area contributed by atoms with Gasteiger partial charge < -0.3 is 19.7 Å². The van der Waals surface area contributed by atoms with E-state index in [1.165, 1.54) is 17.0 Å². The number of halogens is 1. The Morgan fingerprint density at radius 1 is 1.05 bits per heavy atom. The quantitative estimate of drug-likeness (QED) is 0.225. The number of hydrogen-bond acceptors (Lipinski definition) is 8. The molecular weight excluding hydrogens is 572 g/mol. The molecule has 7 rings (SSSR count). The number of benzene rings is 2. The van der Waals surface area contributed by atoms with E-state index in [4.69, 9.17) is 19.4 Å². The molecule has 0 saturated carbocycles. The van der Waals surface area contributed by atoms with Crippen molar-refractivity contribution < 1.29 is 18.7 Å². The molecule has 3 aromatic heterocycles. The van der Waals surface area contributed by atoms with Crippen molar-refractivity contribution in [3.63, 3.8) is 0 Å². The van der Waals surface area contributed by atoms with Crippen LogP contribution in [0.2, 0.25) is 0 Å². The van der Waals surface area contributed by atoms with E-state index >= 15 is 0 Å². The van der Waals surface area contributed by atoms with E-state index in [1.54, 1.807) is 35.8 Å². The molecule has 0 radical (unpaired) electrons. The first kappa shape index (κ1) is 27.2. The highest BCUT2D eigenvalue weighted by Gasteiger charge is 2.27. The highest BCUT2D eigenvalue weighted by molar-refractivity contribution is 7.18. The summed E-state index contributed by atoms with van der Waals surface area (Å²) in [6.07, 6.45) is 1.66. The molecule has 5 aromatic rings. The Bertz CT molecular complexity index is 1830. The van der Waals surface area contributed by atoms with Crippen LogP contribution < -0.4 is 10.1 Å². The van der Waals surface area contributed by atoms with Crippen LogP contribution in [-0.4, -0.2) is 61.2 Å². The summed E-state index contributed by atoms with van der Waals surface area (Å²) >= 11 is 3.29. The number of ether oxygens (including phenoxy) is 2. The number of likely N-dealkylation sites (N-methyl/N-ethyl adjacent to an activating group) is 1. The van der Waals surface area contributed by atoms with E-state index in [2.05, 4.69) is 34.8 Å². The highest BCUT2D eigenvalue weighted by atomic mass is 32.1. The number of nitrogens with one attached hydrogen (secondary N) is 1. The molecule has 10 heteroatoms. The van der Waals surface area contributed by atoms with Crippen molar-refractivity contribution >= 4 is 38.7 Å².